The second-order valence-electron chi connectivity index (χ2n) is 5.63. The number of rotatable bonds is 4. The van der Waals surface area contributed by atoms with E-state index in [0.29, 0.717) is 18.2 Å². The van der Waals surface area contributed by atoms with Crippen LogP contribution < -0.4 is 5.32 Å². The Balaban J connectivity index is 2.04. The Labute approximate surface area is 113 Å². The minimum atomic E-state index is -0.952. The van der Waals surface area contributed by atoms with Crippen LogP contribution >= 0.6 is 0 Å². The number of carboxylic acid groups (broad SMARTS) is 1. The van der Waals surface area contributed by atoms with Crippen LogP contribution in [0.15, 0.2) is 24.3 Å². The predicted octanol–water partition coefficient (Wildman–Crippen LogP) is 2.74. The maximum Gasteiger partial charge on any atom is 0.337 e. The van der Waals surface area contributed by atoms with Crippen LogP contribution in [0.2, 0.25) is 0 Å². The monoisotopic (exact) mass is 263 g/mol. The van der Waals surface area contributed by atoms with Gasteiger partial charge in [-0.05, 0) is 30.9 Å². The third-order valence-electron chi connectivity index (χ3n) is 3.83. The van der Waals surface area contributed by atoms with Crippen LogP contribution in [0.3, 0.4) is 0 Å². The number of nitrogens with one attached hydrogen (secondary N) is 1. The lowest BCUT2D eigenvalue weighted by Gasteiger charge is -2.36. The maximum atomic E-state index is 11.1. The Morgan fingerprint density at radius 2 is 2.21 bits per heavy atom. The van der Waals surface area contributed by atoms with E-state index in [-0.39, 0.29) is 5.56 Å². The van der Waals surface area contributed by atoms with Gasteiger partial charge in [-0.3, -0.25) is 0 Å². The van der Waals surface area contributed by atoms with E-state index in [1.807, 2.05) is 0 Å². The number of carboxylic acids is 1. The van der Waals surface area contributed by atoms with Crippen LogP contribution in [0, 0.1) is 5.92 Å². The van der Waals surface area contributed by atoms with Crippen molar-refractivity contribution in [2.24, 2.45) is 5.92 Å². The molecule has 1 fully saturated rings. The summed E-state index contributed by atoms with van der Waals surface area (Å²) in [5.74, 6) is -0.428. The highest BCUT2D eigenvalue weighted by Crippen LogP contribution is 2.32. The maximum absolute atomic E-state index is 11.1. The van der Waals surface area contributed by atoms with Crippen LogP contribution in [0.1, 0.15) is 43.0 Å². The van der Waals surface area contributed by atoms with Crippen molar-refractivity contribution in [3.8, 4) is 0 Å². The van der Waals surface area contributed by atoms with E-state index in [1.54, 1.807) is 24.3 Å². The van der Waals surface area contributed by atoms with Gasteiger partial charge < -0.3 is 15.5 Å². The first-order chi connectivity index (χ1) is 9.00. The summed E-state index contributed by atoms with van der Waals surface area (Å²) in [5.41, 5.74) is 0.0973. The van der Waals surface area contributed by atoms with Gasteiger partial charge in [0.25, 0.3) is 0 Å². The van der Waals surface area contributed by atoms with Crippen molar-refractivity contribution in [3.63, 3.8) is 0 Å². The molecule has 0 radical (unpaired) electrons. The lowest BCUT2D eigenvalue weighted by atomic mass is 9.79. The zero-order chi connectivity index (χ0) is 13.9. The second-order valence-corrected chi connectivity index (χ2v) is 5.63. The number of para-hydroxylation sites is 1. The molecule has 4 heteroatoms. The SMILES string of the molecule is CC1CCCC(O)(CNc2ccccc2C(=O)O)C1. The molecule has 0 aromatic heterocycles. The standard InChI is InChI=1S/C15H21NO3/c1-11-5-4-8-15(19,9-11)10-16-13-7-3-2-6-12(13)14(17)18/h2-3,6-7,11,16,19H,4-5,8-10H2,1H3,(H,17,18). The Kier molecular flexibility index (Phi) is 4.10. The molecule has 0 amide bonds. The number of aromatic carboxylic acids is 1. The van der Waals surface area contributed by atoms with Gasteiger partial charge in [-0.2, -0.15) is 0 Å². The zero-order valence-electron chi connectivity index (χ0n) is 11.2. The van der Waals surface area contributed by atoms with Crippen LogP contribution in [0.5, 0.6) is 0 Å². The van der Waals surface area contributed by atoms with Crippen molar-refractivity contribution >= 4 is 11.7 Å². The topological polar surface area (TPSA) is 69.6 Å². The van der Waals surface area contributed by atoms with Crippen molar-refractivity contribution in [2.45, 2.75) is 38.2 Å². The van der Waals surface area contributed by atoms with Crippen molar-refractivity contribution in [1.29, 1.82) is 0 Å². The first-order valence-electron chi connectivity index (χ1n) is 6.79. The number of benzene rings is 1. The van der Waals surface area contributed by atoms with Crippen LogP contribution in [-0.2, 0) is 0 Å². The molecule has 2 rings (SSSR count). The van der Waals surface area contributed by atoms with Gasteiger partial charge in [0.15, 0.2) is 0 Å². The molecule has 2 atom stereocenters. The highest BCUT2D eigenvalue weighted by atomic mass is 16.4. The number of carbonyl (C=O) groups is 1. The molecule has 19 heavy (non-hydrogen) atoms. The summed E-state index contributed by atoms with van der Waals surface area (Å²) in [6.07, 6.45) is 3.74. The average molecular weight is 263 g/mol. The third-order valence-corrected chi connectivity index (χ3v) is 3.83. The van der Waals surface area contributed by atoms with Crippen LogP contribution in [0.4, 0.5) is 5.69 Å². The molecule has 3 N–H and O–H groups in total. The number of anilines is 1. The summed E-state index contributed by atoms with van der Waals surface area (Å²) in [6.45, 7) is 2.55. The van der Waals surface area contributed by atoms with Gasteiger partial charge in [-0.15, -0.1) is 0 Å². The summed E-state index contributed by atoms with van der Waals surface area (Å²) >= 11 is 0. The Bertz CT molecular complexity index is 460. The van der Waals surface area contributed by atoms with Crippen molar-refractivity contribution in [1.82, 2.24) is 0 Å². The molecule has 1 saturated carbocycles. The first-order valence-corrected chi connectivity index (χ1v) is 6.79. The molecule has 4 nitrogen and oxygen atoms in total. The van der Waals surface area contributed by atoms with Gasteiger partial charge in [0.1, 0.15) is 0 Å². The zero-order valence-corrected chi connectivity index (χ0v) is 11.2. The fraction of sp³-hybridized carbons (Fsp3) is 0.533. The minimum absolute atomic E-state index is 0.245. The predicted molar refractivity (Wildman–Crippen MR) is 74.5 cm³/mol. The molecular formula is C15H21NO3. The number of hydrogen-bond donors (Lipinski definition) is 3. The molecule has 0 heterocycles. The fourth-order valence-electron chi connectivity index (χ4n) is 2.88. The van der Waals surface area contributed by atoms with E-state index >= 15 is 0 Å². The Morgan fingerprint density at radius 3 is 2.89 bits per heavy atom. The summed E-state index contributed by atoms with van der Waals surface area (Å²) in [5, 5.41) is 22.7. The van der Waals surface area contributed by atoms with Crippen molar-refractivity contribution < 1.29 is 15.0 Å². The molecule has 104 valence electrons. The minimum Gasteiger partial charge on any atom is -0.478 e. The normalized spacial score (nSPS) is 26.9. The molecule has 0 spiro atoms. The molecule has 1 aliphatic rings. The summed E-state index contributed by atoms with van der Waals surface area (Å²) < 4.78 is 0. The van der Waals surface area contributed by atoms with E-state index in [0.717, 1.165) is 25.7 Å². The van der Waals surface area contributed by atoms with Gasteiger partial charge in [-0.25, -0.2) is 4.79 Å². The average Bonchev–Trinajstić information content (AvgIpc) is 2.36. The van der Waals surface area contributed by atoms with Crippen molar-refractivity contribution in [2.75, 3.05) is 11.9 Å². The summed E-state index contributed by atoms with van der Waals surface area (Å²) in [6, 6.07) is 6.80. The Morgan fingerprint density at radius 1 is 1.47 bits per heavy atom. The molecule has 2 unspecified atom stereocenters. The van der Waals surface area contributed by atoms with Gasteiger partial charge >= 0.3 is 5.97 Å². The van der Waals surface area contributed by atoms with Crippen LogP contribution in [-0.4, -0.2) is 28.3 Å². The quantitative estimate of drug-likeness (QED) is 0.781. The lowest BCUT2D eigenvalue weighted by molar-refractivity contribution is -0.000808. The summed E-state index contributed by atoms with van der Waals surface area (Å²) in [7, 11) is 0. The van der Waals surface area contributed by atoms with E-state index in [2.05, 4.69) is 12.2 Å². The van der Waals surface area contributed by atoms with E-state index in [9.17, 15) is 9.90 Å². The molecule has 0 aliphatic heterocycles. The molecule has 1 aromatic carbocycles. The summed E-state index contributed by atoms with van der Waals surface area (Å²) in [4.78, 5) is 11.1. The lowest BCUT2D eigenvalue weighted by Crippen LogP contribution is -2.41. The van der Waals surface area contributed by atoms with E-state index in [1.165, 1.54) is 0 Å². The fourth-order valence-corrected chi connectivity index (χ4v) is 2.88. The highest BCUT2D eigenvalue weighted by molar-refractivity contribution is 5.94. The van der Waals surface area contributed by atoms with Gasteiger partial charge in [0.2, 0.25) is 0 Å². The van der Waals surface area contributed by atoms with E-state index in [4.69, 9.17) is 5.11 Å². The van der Waals surface area contributed by atoms with Crippen molar-refractivity contribution in [3.05, 3.63) is 29.8 Å². The Hall–Kier alpha value is -1.55. The number of aliphatic hydroxyl groups is 1. The van der Waals surface area contributed by atoms with Gasteiger partial charge in [-0.1, -0.05) is 31.9 Å². The molecule has 1 aliphatic carbocycles. The molecule has 0 bridgehead atoms. The molecule has 0 saturated heterocycles. The third kappa shape index (κ3) is 3.47. The largest absolute Gasteiger partial charge is 0.478 e. The highest BCUT2D eigenvalue weighted by Gasteiger charge is 2.32. The van der Waals surface area contributed by atoms with Gasteiger partial charge in [0.05, 0.1) is 11.2 Å². The second kappa shape index (κ2) is 5.61. The van der Waals surface area contributed by atoms with Gasteiger partial charge in [0, 0.05) is 12.2 Å². The molecular weight excluding hydrogens is 242 g/mol. The molecule has 1 aromatic rings. The number of hydrogen-bond acceptors (Lipinski definition) is 3. The van der Waals surface area contributed by atoms with E-state index < -0.39 is 11.6 Å². The first kappa shape index (κ1) is 13.9. The van der Waals surface area contributed by atoms with Crippen LogP contribution in [0.25, 0.3) is 0 Å². The smallest absolute Gasteiger partial charge is 0.337 e.